The summed E-state index contributed by atoms with van der Waals surface area (Å²) in [5.74, 6) is -0.0439. The van der Waals surface area contributed by atoms with Gasteiger partial charge in [-0.1, -0.05) is 29.8 Å². The van der Waals surface area contributed by atoms with Gasteiger partial charge in [0.25, 0.3) is 0 Å². The van der Waals surface area contributed by atoms with Crippen LogP contribution in [0.15, 0.2) is 58.3 Å². The molecule has 1 aromatic carbocycles. The zero-order chi connectivity index (χ0) is 24.1. The molecule has 10 heteroatoms. The third kappa shape index (κ3) is 5.43. The molecule has 34 heavy (non-hydrogen) atoms. The van der Waals surface area contributed by atoms with Gasteiger partial charge in [-0.25, -0.2) is 9.59 Å². The Balaban J connectivity index is 1.45. The van der Waals surface area contributed by atoms with Crippen LogP contribution < -0.4 is 10.6 Å². The molecule has 180 valence electrons. The summed E-state index contributed by atoms with van der Waals surface area (Å²) in [6.45, 7) is 4.56. The molecule has 2 aromatic rings. The van der Waals surface area contributed by atoms with E-state index in [2.05, 4.69) is 15.5 Å². The minimum atomic E-state index is -0.740. The SMILES string of the molecule is CCOC(=O)C1=C(CN2CCN(C(=O)Cc3ccccc3Cl)CC2)NC(=O)NC1c1ccco1. The van der Waals surface area contributed by atoms with E-state index in [0.717, 1.165) is 5.56 Å². The van der Waals surface area contributed by atoms with Crippen molar-refractivity contribution >= 4 is 29.5 Å². The molecule has 0 bridgehead atoms. The minimum absolute atomic E-state index is 0.0206. The van der Waals surface area contributed by atoms with Crippen molar-refractivity contribution in [3.8, 4) is 0 Å². The second-order valence-corrected chi connectivity index (χ2v) is 8.49. The van der Waals surface area contributed by atoms with Crippen molar-refractivity contribution in [2.75, 3.05) is 39.3 Å². The van der Waals surface area contributed by atoms with Gasteiger partial charge in [-0.3, -0.25) is 9.69 Å². The molecule has 1 aromatic heterocycles. The molecule has 1 fully saturated rings. The highest BCUT2D eigenvalue weighted by molar-refractivity contribution is 6.31. The lowest BCUT2D eigenvalue weighted by Gasteiger charge is -2.36. The molecule has 0 radical (unpaired) electrons. The number of hydrogen-bond donors (Lipinski definition) is 2. The Morgan fingerprint density at radius 3 is 2.59 bits per heavy atom. The maximum absolute atomic E-state index is 12.8. The molecule has 2 N–H and O–H groups in total. The van der Waals surface area contributed by atoms with Crippen LogP contribution in [0.4, 0.5) is 4.79 Å². The van der Waals surface area contributed by atoms with E-state index in [-0.39, 0.29) is 18.9 Å². The molecule has 3 heterocycles. The monoisotopic (exact) mass is 486 g/mol. The minimum Gasteiger partial charge on any atom is -0.467 e. The summed E-state index contributed by atoms with van der Waals surface area (Å²) in [6, 6.07) is 9.58. The van der Waals surface area contributed by atoms with Crippen LogP contribution in [0.5, 0.6) is 0 Å². The predicted molar refractivity (Wildman–Crippen MR) is 125 cm³/mol. The molecule has 2 aliphatic rings. The first-order valence-electron chi connectivity index (χ1n) is 11.2. The quantitative estimate of drug-likeness (QED) is 0.583. The molecular weight excluding hydrogens is 460 g/mol. The fraction of sp³-hybridized carbons (Fsp3) is 0.375. The van der Waals surface area contributed by atoms with Crippen molar-refractivity contribution in [3.05, 3.63) is 70.3 Å². The third-order valence-electron chi connectivity index (χ3n) is 5.88. The largest absolute Gasteiger partial charge is 0.467 e. The van der Waals surface area contributed by atoms with Crippen LogP contribution in [0.25, 0.3) is 0 Å². The highest BCUT2D eigenvalue weighted by atomic mass is 35.5. The Labute approximate surface area is 202 Å². The number of halogens is 1. The summed E-state index contributed by atoms with van der Waals surface area (Å²) in [4.78, 5) is 41.8. The molecule has 1 saturated heterocycles. The van der Waals surface area contributed by atoms with E-state index in [9.17, 15) is 14.4 Å². The van der Waals surface area contributed by atoms with E-state index in [1.165, 1.54) is 6.26 Å². The van der Waals surface area contributed by atoms with Gasteiger partial charge in [0.15, 0.2) is 0 Å². The Morgan fingerprint density at radius 2 is 1.91 bits per heavy atom. The van der Waals surface area contributed by atoms with Gasteiger partial charge in [0.05, 0.1) is 24.9 Å². The third-order valence-corrected chi connectivity index (χ3v) is 6.25. The normalized spacial score (nSPS) is 18.9. The second-order valence-electron chi connectivity index (χ2n) is 8.08. The van der Waals surface area contributed by atoms with E-state index < -0.39 is 18.0 Å². The number of hydrogen-bond acceptors (Lipinski definition) is 6. The van der Waals surface area contributed by atoms with Gasteiger partial charge in [0, 0.05) is 43.4 Å². The van der Waals surface area contributed by atoms with Gasteiger partial charge in [-0.05, 0) is 30.7 Å². The molecular formula is C24H27ClN4O5. The summed E-state index contributed by atoms with van der Waals surface area (Å²) in [6.07, 6.45) is 1.75. The lowest BCUT2D eigenvalue weighted by atomic mass is 9.99. The summed E-state index contributed by atoms with van der Waals surface area (Å²) in [5.41, 5.74) is 1.59. The number of piperazine rings is 1. The molecule has 0 spiro atoms. The average Bonchev–Trinajstić information content (AvgIpc) is 3.36. The number of amides is 3. The maximum Gasteiger partial charge on any atom is 0.338 e. The first-order valence-corrected chi connectivity index (χ1v) is 11.6. The molecule has 9 nitrogen and oxygen atoms in total. The number of rotatable bonds is 7. The number of furan rings is 1. The van der Waals surface area contributed by atoms with Gasteiger partial charge < -0.3 is 24.7 Å². The standard InChI is InChI=1S/C24H27ClN4O5/c1-2-33-23(31)21-18(26-24(32)27-22(21)19-8-5-13-34-19)15-28-9-11-29(12-10-28)20(30)14-16-6-3-4-7-17(16)25/h3-8,13,22H,2,9-12,14-15H2,1H3,(H2,26,27,32). The van der Waals surface area contributed by atoms with E-state index >= 15 is 0 Å². The van der Waals surface area contributed by atoms with Crippen molar-refractivity contribution < 1.29 is 23.5 Å². The number of esters is 1. The van der Waals surface area contributed by atoms with Gasteiger partial charge >= 0.3 is 12.0 Å². The number of nitrogens with zero attached hydrogens (tertiary/aromatic N) is 2. The Morgan fingerprint density at radius 1 is 1.15 bits per heavy atom. The lowest BCUT2D eigenvalue weighted by molar-refractivity contribution is -0.139. The number of carbonyl (C=O) groups excluding carboxylic acids is 3. The summed E-state index contributed by atoms with van der Waals surface area (Å²) in [7, 11) is 0. The molecule has 0 saturated carbocycles. The molecule has 3 amide bonds. The average molecular weight is 487 g/mol. The molecule has 2 aliphatic heterocycles. The number of urea groups is 1. The summed E-state index contributed by atoms with van der Waals surface area (Å²) in [5, 5.41) is 6.09. The molecule has 4 rings (SSSR count). The first kappa shape index (κ1) is 23.8. The van der Waals surface area contributed by atoms with Crippen LogP contribution >= 0.6 is 11.6 Å². The first-order chi connectivity index (χ1) is 16.5. The van der Waals surface area contributed by atoms with Crippen LogP contribution in [0.3, 0.4) is 0 Å². The van der Waals surface area contributed by atoms with Gasteiger partial charge in [-0.2, -0.15) is 0 Å². The van der Waals surface area contributed by atoms with Crippen molar-refractivity contribution in [1.82, 2.24) is 20.4 Å². The zero-order valence-corrected chi connectivity index (χ0v) is 19.6. The Hall–Kier alpha value is -3.30. The molecule has 0 aliphatic carbocycles. The smallest absolute Gasteiger partial charge is 0.338 e. The van der Waals surface area contributed by atoms with E-state index in [4.69, 9.17) is 20.8 Å². The van der Waals surface area contributed by atoms with Crippen LogP contribution in [0, 0.1) is 0 Å². The Bertz CT molecular complexity index is 1080. The topological polar surface area (TPSA) is 104 Å². The zero-order valence-electron chi connectivity index (χ0n) is 18.9. The van der Waals surface area contributed by atoms with E-state index in [1.54, 1.807) is 25.1 Å². The number of ether oxygens (including phenoxy) is 1. The molecule has 1 unspecified atom stereocenters. The predicted octanol–water partition coefficient (Wildman–Crippen LogP) is 2.49. The van der Waals surface area contributed by atoms with Crippen LogP contribution in [-0.2, 0) is 20.7 Å². The van der Waals surface area contributed by atoms with Crippen LogP contribution in [-0.4, -0.2) is 67.0 Å². The Kier molecular flexibility index (Phi) is 7.54. The number of nitrogens with one attached hydrogen (secondary N) is 2. The highest BCUT2D eigenvalue weighted by Gasteiger charge is 2.36. The van der Waals surface area contributed by atoms with Gasteiger partial charge in [0.2, 0.25) is 5.91 Å². The summed E-state index contributed by atoms with van der Waals surface area (Å²) < 4.78 is 10.7. The highest BCUT2D eigenvalue weighted by Crippen LogP contribution is 2.28. The van der Waals surface area contributed by atoms with E-state index in [0.29, 0.717) is 54.8 Å². The van der Waals surface area contributed by atoms with E-state index in [1.807, 2.05) is 23.1 Å². The second kappa shape index (κ2) is 10.8. The fourth-order valence-corrected chi connectivity index (χ4v) is 4.36. The maximum atomic E-state index is 12.8. The van der Waals surface area contributed by atoms with Crippen molar-refractivity contribution in [1.29, 1.82) is 0 Å². The van der Waals surface area contributed by atoms with Crippen LogP contribution in [0.1, 0.15) is 24.3 Å². The van der Waals surface area contributed by atoms with Crippen molar-refractivity contribution in [2.45, 2.75) is 19.4 Å². The van der Waals surface area contributed by atoms with Gasteiger partial charge in [-0.15, -0.1) is 0 Å². The van der Waals surface area contributed by atoms with Crippen molar-refractivity contribution in [3.63, 3.8) is 0 Å². The number of carbonyl (C=O) groups is 3. The van der Waals surface area contributed by atoms with Crippen molar-refractivity contribution in [2.24, 2.45) is 0 Å². The summed E-state index contributed by atoms with van der Waals surface area (Å²) >= 11 is 6.19. The molecule has 1 atom stereocenters. The van der Waals surface area contributed by atoms with Gasteiger partial charge in [0.1, 0.15) is 11.8 Å². The number of benzene rings is 1. The lowest BCUT2D eigenvalue weighted by Crippen LogP contribution is -2.52. The fourth-order valence-electron chi connectivity index (χ4n) is 4.16. The van der Waals surface area contributed by atoms with Crippen LogP contribution in [0.2, 0.25) is 5.02 Å².